The van der Waals surface area contributed by atoms with Gasteiger partial charge in [-0.1, -0.05) is 46.3 Å². The van der Waals surface area contributed by atoms with E-state index in [1.165, 1.54) is 22.3 Å². The normalized spacial score (nSPS) is 22.4. The average Bonchev–Trinajstić information content (AvgIpc) is 2.66. The van der Waals surface area contributed by atoms with Crippen LogP contribution >= 0.6 is 15.9 Å². The number of carbonyl (C=O) groups excluding carboxylic acids is 1. The van der Waals surface area contributed by atoms with Crippen LogP contribution in [0.3, 0.4) is 0 Å². The Morgan fingerprint density at radius 1 is 1.12 bits per heavy atom. The number of fused-ring (bicyclic) bond motifs is 2. The van der Waals surface area contributed by atoms with Gasteiger partial charge >= 0.3 is 0 Å². The van der Waals surface area contributed by atoms with Crippen molar-refractivity contribution < 1.29 is 4.79 Å². The largest absolute Gasteiger partial charge is 0.354 e. The van der Waals surface area contributed by atoms with Gasteiger partial charge in [0.1, 0.15) is 0 Å². The second kappa shape index (κ2) is 7.53. The van der Waals surface area contributed by atoms with E-state index in [0.29, 0.717) is 6.04 Å². The Hall–Kier alpha value is -1.65. The van der Waals surface area contributed by atoms with Gasteiger partial charge in [0.25, 0.3) is 0 Å². The molecule has 3 nitrogen and oxygen atoms in total. The lowest BCUT2D eigenvalue weighted by molar-refractivity contribution is -0.125. The van der Waals surface area contributed by atoms with Gasteiger partial charge in [0.05, 0.1) is 0 Å². The van der Waals surface area contributed by atoms with E-state index in [0.717, 1.165) is 43.2 Å². The number of halogens is 1. The first-order valence-electron chi connectivity index (χ1n) is 9.42. The molecule has 0 fully saturated rings. The molecule has 0 radical (unpaired) electrons. The van der Waals surface area contributed by atoms with Gasteiger partial charge in [-0.15, -0.1) is 0 Å². The van der Waals surface area contributed by atoms with Crippen LogP contribution in [-0.2, 0) is 30.6 Å². The first kappa shape index (κ1) is 17.7. The number of rotatable bonds is 3. The summed E-state index contributed by atoms with van der Waals surface area (Å²) in [5.74, 6) is 0.327. The van der Waals surface area contributed by atoms with E-state index in [1.807, 2.05) is 0 Å². The Bertz CT molecular complexity index is 820. The molecule has 2 aromatic carbocycles. The van der Waals surface area contributed by atoms with Gasteiger partial charge in [-0.3, -0.25) is 9.69 Å². The maximum atomic E-state index is 12.7. The third kappa shape index (κ3) is 3.72. The van der Waals surface area contributed by atoms with Crippen molar-refractivity contribution >= 4 is 21.8 Å². The zero-order chi connectivity index (χ0) is 18.1. The molecule has 2 aliphatic rings. The minimum Gasteiger partial charge on any atom is -0.354 e. The topological polar surface area (TPSA) is 32.3 Å². The van der Waals surface area contributed by atoms with Crippen LogP contribution in [0, 0.1) is 5.92 Å². The molecule has 1 amide bonds. The molecule has 1 aliphatic heterocycles. The molecule has 0 saturated carbocycles. The van der Waals surface area contributed by atoms with Crippen LogP contribution in [0.25, 0.3) is 0 Å². The molecule has 0 bridgehead atoms. The zero-order valence-corrected chi connectivity index (χ0v) is 16.8. The summed E-state index contributed by atoms with van der Waals surface area (Å²) in [5.41, 5.74) is 5.53. The minimum absolute atomic E-state index is 0.111. The summed E-state index contributed by atoms with van der Waals surface area (Å²) in [6.45, 7) is 1.67. The molecule has 4 heteroatoms. The minimum atomic E-state index is 0.111. The lowest BCUT2D eigenvalue weighted by Gasteiger charge is -2.35. The van der Waals surface area contributed by atoms with Gasteiger partial charge in [-0.25, -0.2) is 0 Å². The molecule has 0 aromatic heterocycles. The molecule has 0 spiro atoms. The van der Waals surface area contributed by atoms with E-state index in [4.69, 9.17) is 0 Å². The van der Waals surface area contributed by atoms with Crippen molar-refractivity contribution in [3.05, 3.63) is 69.2 Å². The highest BCUT2D eigenvalue weighted by atomic mass is 79.9. The first-order valence-corrected chi connectivity index (χ1v) is 10.2. The second-order valence-electron chi connectivity index (χ2n) is 7.64. The number of hydrogen-bond donors (Lipinski definition) is 1. The molecular weight excluding hydrogens is 388 g/mol. The smallest absolute Gasteiger partial charge is 0.223 e. The van der Waals surface area contributed by atoms with Gasteiger partial charge in [0.15, 0.2) is 0 Å². The second-order valence-corrected chi connectivity index (χ2v) is 8.56. The summed E-state index contributed by atoms with van der Waals surface area (Å²) in [5, 5.41) is 3.24. The molecule has 26 heavy (non-hydrogen) atoms. The van der Waals surface area contributed by atoms with E-state index in [9.17, 15) is 4.79 Å². The van der Waals surface area contributed by atoms with Gasteiger partial charge < -0.3 is 5.32 Å². The molecular formula is C22H25BrN2O. The number of aryl methyl sites for hydroxylation is 1. The van der Waals surface area contributed by atoms with Crippen molar-refractivity contribution in [1.82, 2.24) is 10.2 Å². The predicted octanol–water partition coefficient (Wildman–Crippen LogP) is 3.73. The number of likely N-dealkylation sites (N-methyl/N-ethyl adjacent to an activating group) is 1. The van der Waals surface area contributed by atoms with Crippen LogP contribution in [0.2, 0.25) is 0 Å². The molecule has 1 aliphatic carbocycles. The van der Waals surface area contributed by atoms with E-state index in [2.05, 4.69) is 75.7 Å². The molecule has 2 aromatic rings. The summed E-state index contributed by atoms with van der Waals surface area (Å²) in [4.78, 5) is 15.1. The fourth-order valence-corrected chi connectivity index (χ4v) is 4.67. The van der Waals surface area contributed by atoms with Crippen LogP contribution < -0.4 is 5.32 Å². The number of nitrogens with zero attached hydrogens (tertiary/aromatic N) is 1. The van der Waals surface area contributed by atoms with E-state index in [1.54, 1.807) is 0 Å². The van der Waals surface area contributed by atoms with Gasteiger partial charge in [0, 0.05) is 29.5 Å². The van der Waals surface area contributed by atoms with Crippen molar-refractivity contribution in [1.29, 1.82) is 0 Å². The van der Waals surface area contributed by atoms with Crippen molar-refractivity contribution in [2.24, 2.45) is 5.92 Å². The maximum absolute atomic E-state index is 12.7. The molecule has 0 saturated heterocycles. The lowest BCUT2D eigenvalue weighted by Crippen LogP contribution is -2.47. The highest BCUT2D eigenvalue weighted by Gasteiger charge is 2.27. The Morgan fingerprint density at radius 3 is 2.77 bits per heavy atom. The summed E-state index contributed by atoms with van der Waals surface area (Å²) in [6.07, 6.45) is 3.83. The van der Waals surface area contributed by atoms with Crippen LogP contribution in [0.5, 0.6) is 0 Å². The summed E-state index contributed by atoms with van der Waals surface area (Å²) in [6, 6.07) is 15.4. The molecule has 4 rings (SSSR count). The number of amides is 1. The predicted molar refractivity (Wildman–Crippen MR) is 108 cm³/mol. The quantitative estimate of drug-likeness (QED) is 0.832. The van der Waals surface area contributed by atoms with Gasteiger partial charge in [0.2, 0.25) is 5.91 Å². The molecule has 1 N–H and O–H groups in total. The lowest BCUT2D eigenvalue weighted by atomic mass is 9.83. The van der Waals surface area contributed by atoms with Crippen LogP contribution in [0.15, 0.2) is 46.9 Å². The van der Waals surface area contributed by atoms with Crippen molar-refractivity contribution in [2.45, 2.75) is 38.3 Å². The van der Waals surface area contributed by atoms with Crippen LogP contribution in [0.4, 0.5) is 0 Å². The maximum Gasteiger partial charge on any atom is 0.223 e. The molecule has 136 valence electrons. The van der Waals surface area contributed by atoms with Crippen molar-refractivity contribution in [3.8, 4) is 0 Å². The summed E-state index contributed by atoms with van der Waals surface area (Å²) >= 11 is 3.57. The Balaban J connectivity index is 1.36. The fourth-order valence-electron chi connectivity index (χ4n) is 4.26. The zero-order valence-electron chi connectivity index (χ0n) is 15.2. The van der Waals surface area contributed by atoms with Crippen LogP contribution in [0.1, 0.15) is 28.7 Å². The molecule has 2 unspecified atom stereocenters. The fraction of sp³-hybridized carbons (Fsp3) is 0.409. The number of benzene rings is 2. The SMILES string of the molecule is CN1Cc2ccc(Br)cc2CC1CNC(=O)C1CCc2ccccc2C1. The molecule has 1 heterocycles. The van der Waals surface area contributed by atoms with E-state index in [-0.39, 0.29) is 11.8 Å². The highest BCUT2D eigenvalue weighted by Crippen LogP contribution is 2.27. The Kier molecular flexibility index (Phi) is 5.14. The third-order valence-corrected chi connectivity index (χ3v) is 6.39. The van der Waals surface area contributed by atoms with Crippen molar-refractivity contribution in [3.63, 3.8) is 0 Å². The van der Waals surface area contributed by atoms with Crippen molar-refractivity contribution in [2.75, 3.05) is 13.6 Å². The Morgan fingerprint density at radius 2 is 1.92 bits per heavy atom. The number of nitrogens with one attached hydrogen (secondary N) is 1. The van der Waals surface area contributed by atoms with E-state index < -0.39 is 0 Å². The van der Waals surface area contributed by atoms with E-state index >= 15 is 0 Å². The standard InChI is InChI=1S/C22H25BrN2O/c1-25-14-18-8-9-20(23)11-19(18)12-21(25)13-24-22(26)17-7-6-15-4-2-3-5-16(15)10-17/h2-5,8-9,11,17,21H,6-7,10,12-14H2,1H3,(H,24,26). The summed E-state index contributed by atoms with van der Waals surface area (Å²) < 4.78 is 1.13. The number of carbonyl (C=O) groups is 1. The van der Waals surface area contributed by atoms with Crippen LogP contribution in [-0.4, -0.2) is 30.4 Å². The average molecular weight is 413 g/mol. The van der Waals surface area contributed by atoms with Gasteiger partial charge in [-0.05, 0) is 67.1 Å². The highest BCUT2D eigenvalue weighted by molar-refractivity contribution is 9.10. The summed E-state index contributed by atoms with van der Waals surface area (Å²) in [7, 11) is 2.15. The number of hydrogen-bond acceptors (Lipinski definition) is 2. The third-order valence-electron chi connectivity index (χ3n) is 5.90. The first-order chi connectivity index (χ1) is 12.6. The monoisotopic (exact) mass is 412 g/mol. The van der Waals surface area contributed by atoms with Gasteiger partial charge in [-0.2, -0.15) is 0 Å². The Labute approximate surface area is 163 Å². The molecule has 2 atom stereocenters.